The molecule has 1 aliphatic heterocycles. The second-order valence-electron chi connectivity index (χ2n) is 6.73. The van der Waals surface area contributed by atoms with Gasteiger partial charge in [-0.15, -0.1) is 0 Å². The first-order chi connectivity index (χ1) is 14.6. The third kappa shape index (κ3) is 5.10. The number of rotatable bonds is 6. The minimum Gasteiger partial charge on any atom is -0.465 e. The van der Waals surface area contributed by atoms with Crippen molar-refractivity contribution in [2.24, 2.45) is 5.16 Å². The Morgan fingerprint density at radius 1 is 1.26 bits per heavy atom. The quantitative estimate of drug-likeness (QED) is 0.369. The standard InChI is InChI=1S/C20H17Cl2F3N2O3S/c1-3-29-17(28)10-31-18-11(2)4-12(9-26-18)16-8-19(30-27-16,20(23,24)25)13-5-14(21)7-15(22)6-13/h4-7,9H,3,8,10H2,1-2H3. The van der Waals surface area contributed by atoms with Gasteiger partial charge in [0.2, 0.25) is 0 Å². The predicted molar refractivity (Wildman–Crippen MR) is 113 cm³/mol. The molecule has 1 aliphatic rings. The zero-order chi connectivity index (χ0) is 22.8. The van der Waals surface area contributed by atoms with E-state index in [0.717, 1.165) is 12.1 Å². The SMILES string of the molecule is CCOC(=O)CSc1ncc(C2=NOC(c3cc(Cl)cc(Cl)c3)(C(F)(F)F)C2)cc1C. The van der Waals surface area contributed by atoms with Gasteiger partial charge in [-0.05, 0) is 43.7 Å². The average Bonchev–Trinajstić information content (AvgIpc) is 3.13. The second kappa shape index (κ2) is 9.26. The maximum absolute atomic E-state index is 14.1. The maximum Gasteiger partial charge on any atom is 0.435 e. The van der Waals surface area contributed by atoms with Crippen LogP contribution in [-0.4, -0.2) is 35.2 Å². The van der Waals surface area contributed by atoms with Gasteiger partial charge in [-0.1, -0.05) is 40.1 Å². The zero-order valence-electron chi connectivity index (χ0n) is 16.4. The van der Waals surface area contributed by atoms with Gasteiger partial charge >= 0.3 is 12.1 Å². The van der Waals surface area contributed by atoms with Crippen LogP contribution in [0.15, 0.2) is 40.6 Å². The first-order valence-electron chi connectivity index (χ1n) is 9.09. The van der Waals surface area contributed by atoms with Crippen LogP contribution in [0.25, 0.3) is 0 Å². The molecule has 1 atom stereocenters. The fraction of sp³-hybridized carbons (Fsp3) is 0.350. The van der Waals surface area contributed by atoms with Gasteiger partial charge in [0.1, 0.15) is 0 Å². The number of halogens is 5. The summed E-state index contributed by atoms with van der Waals surface area (Å²) in [5, 5.41) is 4.41. The van der Waals surface area contributed by atoms with Crippen LogP contribution in [0.1, 0.15) is 30.0 Å². The highest BCUT2D eigenvalue weighted by atomic mass is 35.5. The molecule has 3 rings (SSSR count). The van der Waals surface area contributed by atoms with Crippen molar-refractivity contribution in [2.75, 3.05) is 12.4 Å². The number of ether oxygens (including phenoxy) is 1. The molecule has 0 spiro atoms. The average molecular weight is 493 g/mol. The van der Waals surface area contributed by atoms with Gasteiger partial charge < -0.3 is 9.57 Å². The van der Waals surface area contributed by atoms with Crippen LogP contribution in [0.2, 0.25) is 10.0 Å². The summed E-state index contributed by atoms with van der Waals surface area (Å²) in [5.74, 6) is -0.292. The molecule has 0 saturated carbocycles. The van der Waals surface area contributed by atoms with Crippen LogP contribution in [0.5, 0.6) is 0 Å². The molecule has 0 amide bonds. The molecule has 1 unspecified atom stereocenters. The van der Waals surface area contributed by atoms with Gasteiger partial charge in [-0.3, -0.25) is 4.79 Å². The van der Waals surface area contributed by atoms with Crippen molar-refractivity contribution in [3.05, 3.63) is 57.2 Å². The number of hydrogen-bond donors (Lipinski definition) is 0. The van der Waals surface area contributed by atoms with Crippen molar-refractivity contribution in [3.8, 4) is 0 Å². The summed E-state index contributed by atoms with van der Waals surface area (Å²) in [4.78, 5) is 20.8. The maximum atomic E-state index is 14.1. The molecule has 0 fully saturated rings. The van der Waals surface area contributed by atoms with Crippen LogP contribution < -0.4 is 0 Å². The molecule has 166 valence electrons. The fourth-order valence-electron chi connectivity index (χ4n) is 3.05. The van der Waals surface area contributed by atoms with Crippen molar-refractivity contribution < 1.29 is 27.5 Å². The van der Waals surface area contributed by atoms with E-state index < -0.39 is 18.2 Å². The number of oxime groups is 1. The van der Waals surface area contributed by atoms with Crippen molar-refractivity contribution in [1.82, 2.24) is 4.98 Å². The van der Waals surface area contributed by atoms with Gasteiger partial charge in [-0.2, -0.15) is 13.2 Å². The number of aromatic nitrogens is 1. The van der Waals surface area contributed by atoms with Gasteiger partial charge in [0.05, 0.1) is 29.5 Å². The highest BCUT2D eigenvalue weighted by Gasteiger charge is 2.62. The van der Waals surface area contributed by atoms with Crippen molar-refractivity contribution in [3.63, 3.8) is 0 Å². The van der Waals surface area contributed by atoms with Crippen LogP contribution in [0, 0.1) is 6.92 Å². The molecule has 2 heterocycles. The zero-order valence-corrected chi connectivity index (χ0v) is 18.8. The van der Waals surface area contributed by atoms with Crippen LogP contribution in [0.4, 0.5) is 13.2 Å². The van der Waals surface area contributed by atoms with Crippen LogP contribution in [-0.2, 0) is 20.0 Å². The monoisotopic (exact) mass is 492 g/mol. The Morgan fingerprint density at radius 3 is 2.52 bits per heavy atom. The molecule has 0 radical (unpaired) electrons. The van der Waals surface area contributed by atoms with E-state index in [1.165, 1.54) is 24.0 Å². The number of pyridine rings is 1. The summed E-state index contributed by atoms with van der Waals surface area (Å²) < 4.78 is 47.1. The third-order valence-corrected chi connectivity index (χ3v) is 6.03. The molecule has 0 saturated heterocycles. The number of carbonyl (C=O) groups is 1. The lowest BCUT2D eigenvalue weighted by atomic mass is 9.86. The van der Waals surface area contributed by atoms with Gasteiger partial charge in [-0.25, -0.2) is 4.98 Å². The van der Waals surface area contributed by atoms with Crippen LogP contribution in [0.3, 0.4) is 0 Å². The molecule has 1 aromatic carbocycles. The van der Waals surface area contributed by atoms with Crippen molar-refractivity contribution in [1.29, 1.82) is 0 Å². The number of alkyl halides is 3. The lowest BCUT2D eigenvalue weighted by Gasteiger charge is -2.29. The van der Waals surface area contributed by atoms with E-state index in [-0.39, 0.29) is 39.6 Å². The Morgan fingerprint density at radius 2 is 1.94 bits per heavy atom. The topological polar surface area (TPSA) is 60.8 Å². The van der Waals surface area contributed by atoms with E-state index in [2.05, 4.69) is 10.1 Å². The molecule has 31 heavy (non-hydrogen) atoms. The molecule has 0 N–H and O–H groups in total. The van der Waals surface area contributed by atoms with E-state index in [1.54, 1.807) is 19.9 Å². The normalized spacial score (nSPS) is 18.5. The molecule has 0 bridgehead atoms. The minimum absolute atomic E-state index is 0.0589. The molecular weight excluding hydrogens is 476 g/mol. The molecule has 1 aromatic heterocycles. The van der Waals surface area contributed by atoms with Crippen molar-refractivity contribution in [2.45, 2.75) is 37.1 Å². The van der Waals surface area contributed by atoms with Crippen molar-refractivity contribution >= 4 is 46.6 Å². The summed E-state index contributed by atoms with van der Waals surface area (Å²) in [6.45, 7) is 3.74. The van der Waals surface area contributed by atoms with E-state index >= 15 is 0 Å². The summed E-state index contributed by atoms with van der Waals surface area (Å²) in [6.07, 6.45) is -3.94. The van der Waals surface area contributed by atoms with E-state index in [1.807, 2.05) is 0 Å². The Hall–Kier alpha value is -1.97. The van der Waals surface area contributed by atoms with Gasteiger partial charge in [0, 0.05) is 27.4 Å². The highest BCUT2D eigenvalue weighted by Crippen LogP contribution is 2.49. The smallest absolute Gasteiger partial charge is 0.435 e. The number of aryl methyl sites for hydroxylation is 1. The molecule has 11 heteroatoms. The number of benzene rings is 1. The third-order valence-electron chi connectivity index (χ3n) is 4.51. The summed E-state index contributed by atoms with van der Waals surface area (Å²) in [6, 6.07) is 5.32. The predicted octanol–water partition coefficient (Wildman–Crippen LogP) is 5.93. The number of esters is 1. The Kier molecular flexibility index (Phi) is 7.08. The minimum atomic E-state index is -4.77. The molecular formula is C20H17Cl2F3N2O3S. The van der Waals surface area contributed by atoms with E-state index in [4.69, 9.17) is 32.8 Å². The van der Waals surface area contributed by atoms with E-state index in [9.17, 15) is 18.0 Å². The Labute approximate surface area is 190 Å². The fourth-order valence-corrected chi connectivity index (χ4v) is 4.32. The van der Waals surface area contributed by atoms with Gasteiger partial charge in [0.15, 0.2) is 0 Å². The number of carbonyl (C=O) groups excluding carboxylic acids is 1. The largest absolute Gasteiger partial charge is 0.465 e. The lowest BCUT2D eigenvalue weighted by Crippen LogP contribution is -2.42. The second-order valence-corrected chi connectivity index (χ2v) is 8.57. The lowest BCUT2D eigenvalue weighted by molar-refractivity contribution is -0.275. The first kappa shape index (κ1) is 23.7. The molecule has 2 aromatic rings. The number of nitrogens with zero attached hydrogens (tertiary/aromatic N) is 2. The van der Waals surface area contributed by atoms with Crippen LogP contribution >= 0.6 is 35.0 Å². The number of thioether (sulfide) groups is 1. The summed E-state index contributed by atoms with van der Waals surface area (Å²) in [5.41, 5.74) is -1.78. The van der Waals surface area contributed by atoms with Gasteiger partial charge in [0.25, 0.3) is 5.60 Å². The summed E-state index contributed by atoms with van der Waals surface area (Å²) >= 11 is 13.0. The van der Waals surface area contributed by atoms with E-state index in [0.29, 0.717) is 16.2 Å². The Balaban J connectivity index is 1.85. The molecule has 5 nitrogen and oxygen atoms in total. The summed E-state index contributed by atoms with van der Waals surface area (Å²) in [7, 11) is 0. The molecule has 0 aliphatic carbocycles. The highest BCUT2D eigenvalue weighted by molar-refractivity contribution is 7.99. The Bertz CT molecular complexity index is 1010. The first-order valence-corrected chi connectivity index (χ1v) is 10.8. The number of hydrogen-bond acceptors (Lipinski definition) is 6.